The van der Waals surface area contributed by atoms with E-state index >= 15 is 0 Å². The number of rotatable bonds is 3. The summed E-state index contributed by atoms with van der Waals surface area (Å²) < 4.78 is 6.54. The third-order valence-corrected chi connectivity index (χ3v) is 9.69. The van der Waals surface area contributed by atoms with Gasteiger partial charge in [-0.1, -0.05) is 44.2 Å². The van der Waals surface area contributed by atoms with Gasteiger partial charge in [-0.2, -0.15) is 0 Å². The van der Waals surface area contributed by atoms with Gasteiger partial charge in [-0.15, -0.1) is 0 Å². The Morgan fingerprint density at radius 3 is 2.54 bits per heavy atom. The first-order valence-electron chi connectivity index (χ1n) is 11.7. The monoisotopic (exact) mass is 380 g/mol. The summed E-state index contributed by atoms with van der Waals surface area (Å²) in [4.78, 5) is 12.1. The predicted molar refractivity (Wildman–Crippen MR) is 112 cm³/mol. The van der Waals surface area contributed by atoms with Crippen molar-refractivity contribution in [3.63, 3.8) is 0 Å². The van der Waals surface area contributed by atoms with Crippen molar-refractivity contribution >= 4 is 5.78 Å². The van der Waals surface area contributed by atoms with Crippen LogP contribution in [-0.2, 0) is 16.1 Å². The summed E-state index contributed by atoms with van der Waals surface area (Å²) in [7, 11) is 0. The number of benzene rings is 1. The van der Waals surface area contributed by atoms with E-state index in [0.29, 0.717) is 28.6 Å². The van der Waals surface area contributed by atoms with E-state index in [2.05, 4.69) is 44.2 Å². The van der Waals surface area contributed by atoms with Crippen molar-refractivity contribution in [3.05, 3.63) is 35.9 Å². The topological polar surface area (TPSA) is 26.3 Å². The van der Waals surface area contributed by atoms with Crippen molar-refractivity contribution in [2.24, 2.45) is 34.5 Å². The van der Waals surface area contributed by atoms with Crippen LogP contribution in [0.5, 0.6) is 0 Å². The highest BCUT2D eigenvalue weighted by molar-refractivity contribution is 5.79. The summed E-state index contributed by atoms with van der Waals surface area (Å²) >= 11 is 0. The molecule has 152 valence electrons. The molecule has 0 aliphatic heterocycles. The van der Waals surface area contributed by atoms with Gasteiger partial charge in [0.1, 0.15) is 5.78 Å². The number of carbonyl (C=O) groups excluding carboxylic acids is 1. The van der Waals surface area contributed by atoms with Crippen molar-refractivity contribution in [2.45, 2.75) is 84.3 Å². The molecule has 7 atom stereocenters. The largest absolute Gasteiger partial charge is 0.373 e. The van der Waals surface area contributed by atoms with Gasteiger partial charge in [0.15, 0.2) is 0 Å². The lowest BCUT2D eigenvalue weighted by Gasteiger charge is -2.60. The van der Waals surface area contributed by atoms with Gasteiger partial charge in [-0.05, 0) is 85.0 Å². The fraction of sp³-hybridized carbons (Fsp3) is 0.731. The second kappa shape index (κ2) is 6.97. The number of carbonyl (C=O) groups is 1. The number of Topliss-reactive ketones (excluding diaryl/α,β-unsaturated/α-hetero) is 1. The standard InChI is InChI=1S/C26H36O2/c1-25-14-12-20(27)16-19(25)8-9-21-22-10-11-24(26(22,2)15-13-23(21)25)28-17-18-6-4-3-5-7-18/h3-7,19,21-24H,8-17H2,1-2H3/t19-,21+,22+,23-,24-,25-,26-/m0/s1. The Morgan fingerprint density at radius 1 is 0.929 bits per heavy atom. The number of hydrogen-bond donors (Lipinski definition) is 0. The molecule has 0 unspecified atom stereocenters. The van der Waals surface area contributed by atoms with Crippen molar-refractivity contribution in [3.8, 4) is 0 Å². The average Bonchev–Trinajstić information content (AvgIpc) is 3.04. The normalized spacial score (nSPS) is 45.2. The van der Waals surface area contributed by atoms with E-state index in [1.165, 1.54) is 44.1 Å². The average molecular weight is 381 g/mol. The second-order valence-corrected chi connectivity index (χ2v) is 10.8. The first kappa shape index (κ1) is 18.9. The highest BCUT2D eigenvalue weighted by Crippen LogP contribution is 2.66. The Morgan fingerprint density at radius 2 is 1.71 bits per heavy atom. The first-order valence-corrected chi connectivity index (χ1v) is 11.7. The molecule has 4 fully saturated rings. The van der Waals surface area contributed by atoms with Gasteiger partial charge >= 0.3 is 0 Å². The molecule has 2 nitrogen and oxygen atoms in total. The van der Waals surface area contributed by atoms with E-state index in [-0.39, 0.29) is 0 Å². The van der Waals surface area contributed by atoms with E-state index in [1.54, 1.807) is 0 Å². The maximum atomic E-state index is 12.1. The molecule has 1 aromatic carbocycles. The molecule has 1 aromatic rings. The van der Waals surface area contributed by atoms with Crippen LogP contribution in [0.1, 0.15) is 77.2 Å². The van der Waals surface area contributed by atoms with Crippen molar-refractivity contribution in [1.82, 2.24) is 0 Å². The molecule has 0 heterocycles. The van der Waals surface area contributed by atoms with Crippen LogP contribution < -0.4 is 0 Å². The molecule has 4 aliphatic rings. The van der Waals surface area contributed by atoms with E-state index in [9.17, 15) is 4.79 Å². The zero-order valence-corrected chi connectivity index (χ0v) is 17.7. The minimum absolute atomic E-state index is 0.351. The lowest BCUT2D eigenvalue weighted by molar-refractivity contribution is -0.146. The maximum Gasteiger partial charge on any atom is 0.133 e. The Hall–Kier alpha value is -1.15. The van der Waals surface area contributed by atoms with Crippen LogP contribution in [-0.4, -0.2) is 11.9 Å². The van der Waals surface area contributed by atoms with E-state index in [0.717, 1.165) is 43.6 Å². The summed E-state index contributed by atoms with van der Waals surface area (Å²) in [6, 6.07) is 10.7. The lowest BCUT2D eigenvalue weighted by Crippen LogP contribution is -2.54. The third-order valence-electron chi connectivity index (χ3n) is 9.69. The number of ketones is 1. The summed E-state index contributed by atoms with van der Waals surface area (Å²) in [5, 5.41) is 0. The molecular weight excluding hydrogens is 344 g/mol. The van der Waals surface area contributed by atoms with Gasteiger partial charge in [-0.25, -0.2) is 0 Å². The van der Waals surface area contributed by atoms with E-state index in [1.807, 2.05) is 0 Å². The van der Waals surface area contributed by atoms with Crippen molar-refractivity contribution in [2.75, 3.05) is 0 Å². The zero-order chi connectivity index (χ0) is 19.4. The van der Waals surface area contributed by atoms with Gasteiger partial charge < -0.3 is 4.74 Å². The lowest BCUT2D eigenvalue weighted by atomic mass is 9.45. The summed E-state index contributed by atoms with van der Waals surface area (Å²) in [6.45, 7) is 5.83. The van der Waals surface area contributed by atoms with Crippen LogP contribution in [0.15, 0.2) is 30.3 Å². The molecule has 4 saturated carbocycles. The highest BCUT2D eigenvalue weighted by Gasteiger charge is 2.60. The minimum Gasteiger partial charge on any atom is -0.373 e. The summed E-state index contributed by atoms with van der Waals surface area (Å²) in [5.41, 5.74) is 2.06. The van der Waals surface area contributed by atoms with E-state index in [4.69, 9.17) is 4.74 Å². The second-order valence-electron chi connectivity index (χ2n) is 10.8. The Labute approximate surface area is 170 Å². The summed E-state index contributed by atoms with van der Waals surface area (Å²) in [6.07, 6.45) is 11.1. The molecule has 0 radical (unpaired) electrons. The fourth-order valence-corrected chi connectivity index (χ4v) is 8.04. The number of fused-ring (bicyclic) bond motifs is 5. The van der Waals surface area contributed by atoms with Crippen LogP contribution in [0, 0.1) is 34.5 Å². The fourth-order valence-electron chi connectivity index (χ4n) is 8.04. The SMILES string of the molecule is C[C@]12CCC(=O)C[C@@H]1CC[C@@H]1[C@H]3CC[C@H](OCc4ccccc4)[C@@]3(C)CC[C@@H]12. The third kappa shape index (κ3) is 2.90. The van der Waals surface area contributed by atoms with Crippen LogP contribution in [0.2, 0.25) is 0 Å². The van der Waals surface area contributed by atoms with E-state index < -0.39 is 0 Å². The molecular formula is C26H36O2. The first-order chi connectivity index (χ1) is 13.5. The number of hydrogen-bond acceptors (Lipinski definition) is 2. The highest BCUT2D eigenvalue weighted by atomic mass is 16.5. The van der Waals surface area contributed by atoms with Gasteiger partial charge in [0, 0.05) is 12.8 Å². The minimum atomic E-state index is 0.351. The maximum absolute atomic E-state index is 12.1. The summed E-state index contributed by atoms with van der Waals surface area (Å²) in [5.74, 6) is 3.70. The molecule has 4 aliphatic carbocycles. The van der Waals surface area contributed by atoms with Crippen LogP contribution in [0.25, 0.3) is 0 Å². The van der Waals surface area contributed by atoms with Gasteiger partial charge in [0.2, 0.25) is 0 Å². The zero-order valence-electron chi connectivity index (χ0n) is 17.7. The number of ether oxygens (including phenoxy) is 1. The van der Waals surface area contributed by atoms with Crippen LogP contribution in [0.4, 0.5) is 0 Å². The predicted octanol–water partition coefficient (Wildman–Crippen LogP) is 6.18. The van der Waals surface area contributed by atoms with Crippen LogP contribution in [0.3, 0.4) is 0 Å². The van der Waals surface area contributed by atoms with Gasteiger partial charge in [0.25, 0.3) is 0 Å². The van der Waals surface area contributed by atoms with Crippen molar-refractivity contribution < 1.29 is 9.53 Å². The molecule has 0 aromatic heterocycles. The molecule has 0 saturated heterocycles. The Kier molecular flexibility index (Phi) is 4.69. The van der Waals surface area contributed by atoms with Crippen molar-refractivity contribution in [1.29, 1.82) is 0 Å². The molecule has 2 heteroatoms. The smallest absolute Gasteiger partial charge is 0.133 e. The molecule has 0 amide bonds. The van der Waals surface area contributed by atoms with Gasteiger partial charge in [0.05, 0.1) is 12.7 Å². The quantitative estimate of drug-likeness (QED) is 0.625. The molecule has 28 heavy (non-hydrogen) atoms. The molecule has 0 bridgehead atoms. The Balaban J connectivity index is 1.32. The van der Waals surface area contributed by atoms with Crippen LogP contribution >= 0.6 is 0 Å². The molecule has 5 rings (SSSR count). The molecule has 0 spiro atoms. The molecule has 0 N–H and O–H groups in total. The van der Waals surface area contributed by atoms with Gasteiger partial charge in [-0.3, -0.25) is 4.79 Å². The Bertz CT molecular complexity index is 727.